The molecule has 0 radical (unpaired) electrons. The van der Waals surface area contributed by atoms with Crippen LogP contribution in [0.15, 0.2) is 24.3 Å². The van der Waals surface area contributed by atoms with Crippen LogP contribution in [0.3, 0.4) is 0 Å². The van der Waals surface area contributed by atoms with Gasteiger partial charge in [-0.15, -0.1) is 0 Å². The Labute approximate surface area is 194 Å². The van der Waals surface area contributed by atoms with Crippen LogP contribution in [0, 0.1) is 22.0 Å². The zero-order chi connectivity index (χ0) is 25.3. The Hall–Kier alpha value is -3.05. The highest BCUT2D eigenvalue weighted by Crippen LogP contribution is 2.15. The molecular weight excluding hydrogens is 428 g/mol. The van der Waals surface area contributed by atoms with E-state index in [4.69, 9.17) is 5.73 Å². The van der Waals surface area contributed by atoms with Gasteiger partial charge < -0.3 is 27.0 Å². The highest BCUT2D eigenvalue weighted by atomic mass is 16.6. The van der Waals surface area contributed by atoms with Crippen molar-refractivity contribution in [2.75, 3.05) is 11.9 Å². The Balaban J connectivity index is 2.57. The summed E-state index contributed by atoms with van der Waals surface area (Å²) in [4.78, 5) is 47.3. The van der Waals surface area contributed by atoms with Gasteiger partial charge in [0, 0.05) is 30.4 Å². The molecule has 0 spiro atoms. The lowest BCUT2D eigenvalue weighted by atomic mass is 10.0. The molecule has 0 unspecified atom stereocenters. The van der Waals surface area contributed by atoms with Gasteiger partial charge in [-0.3, -0.25) is 24.5 Å². The van der Waals surface area contributed by atoms with E-state index in [2.05, 4.69) is 21.3 Å². The molecule has 0 bridgehead atoms. The van der Waals surface area contributed by atoms with Crippen LogP contribution in [-0.4, -0.2) is 53.4 Å². The van der Waals surface area contributed by atoms with Crippen molar-refractivity contribution in [3.63, 3.8) is 0 Å². The maximum absolute atomic E-state index is 12.5. The molecule has 1 rings (SSSR count). The van der Waals surface area contributed by atoms with Gasteiger partial charge in [0.15, 0.2) is 0 Å². The van der Waals surface area contributed by atoms with Gasteiger partial charge in [-0.25, -0.2) is 0 Å². The predicted molar refractivity (Wildman–Crippen MR) is 126 cm³/mol. The molecule has 33 heavy (non-hydrogen) atoms. The van der Waals surface area contributed by atoms with E-state index >= 15 is 0 Å². The molecule has 11 heteroatoms. The number of amides is 3. The number of nitrogens with two attached hydrogens (primary N) is 1. The molecule has 11 nitrogen and oxygen atoms in total. The Morgan fingerprint density at radius 2 is 1.45 bits per heavy atom. The van der Waals surface area contributed by atoms with Crippen molar-refractivity contribution in [3.05, 3.63) is 34.4 Å². The van der Waals surface area contributed by atoms with Gasteiger partial charge in [0.2, 0.25) is 17.7 Å². The second kappa shape index (κ2) is 12.9. The minimum atomic E-state index is -0.832. The molecule has 0 fully saturated rings. The summed E-state index contributed by atoms with van der Waals surface area (Å²) in [5, 5.41) is 21.9. The van der Waals surface area contributed by atoms with Crippen LogP contribution >= 0.6 is 0 Å². The number of carbonyl (C=O) groups is 3. The molecule has 1 aromatic rings. The number of carbonyl (C=O) groups excluding carboxylic acids is 3. The van der Waals surface area contributed by atoms with Crippen LogP contribution in [-0.2, 0) is 14.4 Å². The molecule has 0 aromatic heterocycles. The maximum atomic E-state index is 12.5. The van der Waals surface area contributed by atoms with Crippen molar-refractivity contribution in [1.29, 1.82) is 0 Å². The standard InChI is InChI=1S/C22H36N6O5/c1-12(2)18(27-22(31)19(23)13(3)4)11-24-14(5)20(29)25-15(6)21(30)26-16-7-9-17(10-8-16)28(32)33/h7-10,12-15,18-19,24H,11,23H2,1-6H3,(H,25,29)(H,26,30)(H,27,31)/t14-,15-,18+,19-/m0/s1. The lowest BCUT2D eigenvalue weighted by Gasteiger charge is -2.27. The Morgan fingerprint density at radius 1 is 0.879 bits per heavy atom. The van der Waals surface area contributed by atoms with Crippen molar-refractivity contribution in [2.45, 2.75) is 65.7 Å². The van der Waals surface area contributed by atoms with E-state index in [0.29, 0.717) is 12.2 Å². The van der Waals surface area contributed by atoms with Crippen molar-refractivity contribution < 1.29 is 19.3 Å². The van der Waals surface area contributed by atoms with E-state index in [1.807, 2.05) is 27.7 Å². The maximum Gasteiger partial charge on any atom is 0.269 e. The van der Waals surface area contributed by atoms with Crippen LogP contribution in [0.2, 0.25) is 0 Å². The second-order valence-corrected chi connectivity index (χ2v) is 8.78. The molecule has 4 atom stereocenters. The van der Waals surface area contributed by atoms with Gasteiger partial charge in [-0.05, 0) is 37.8 Å². The molecule has 0 aliphatic heterocycles. The third kappa shape index (κ3) is 9.15. The average Bonchev–Trinajstić information content (AvgIpc) is 2.75. The van der Waals surface area contributed by atoms with E-state index in [0.717, 1.165) is 0 Å². The summed E-state index contributed by atoms with van der Waals surface area (Å²) in [7, 11) is 0. The second-order valence-electron chi connectivity index (χ2n) is 8.78. The highest BCUT2D eigenvalue weighted by Gasteiger charge is 2.25. The van der Waals surface area contributed by atoms with Crippen LogP contribution < -0.4 is 27.0 Å². The summed E-state index contributed by atoms with van der Waals surface area (Å²) in [6.07, 6.45) is 0. The van der Waals surface area contributed by atoms with Crippen molar-refractivity contribution in [3.8, 4) is 0 Å². The Bertz CT molecular complexity index is 827. The SMILES string of the molecule is CC(C)[C@H](N)C(=O)N[C@H](CN[C@@H](C)C(=O)N[C@@H](C)C(=O)Nc1ccc([N+](=O)[O-])cc1)C(C)C. The normalized spacial score (nSPS) is 14.8. The summed E-state index contributed by atoms with van der Waals surface area (Å²) in [6, 6.07) is 3.12. The number of benzene rings is 1. The van der Waals surface area contributed by atoms with Crippen molar-refractivity contribution in [2.24, 2.45) is 17.6 Å². The smallest absolute Gasteiger partial charge is 0.269 e. The van der Waals surface area contributed by atoms with Crippen LogP contribution in [0.4, 0.5) is 11.4 Å². The number of anilines is 1. The lowest BCUT2D eigenvalue weighted by molar-refractivity contribution is -0.384. The summed E-state index contributed by atoms with van der Waals surface area (Å²) < 4.78 is 0. The van der Waals surface area contributed by atoms with E-state index < -0.39 is 29.0 Å². The van der Waals surface area contributed by atoms with Gasteiger partial charge in [0.1, 0.15) is 6.04 Å². The highest BCUT2D eigenvalue weighted by molar-refractivity contribution is 5.97. The molecule has 0 saturated carbocycles. The van der Waals surface area contributed by atoms with E-state index in [9.17, 15) is 24.5 Å². The number of hydrogen-bond donors (Lipinski definition) is 5. The largest absolute Gasteiger partial charge is 0.350 e. The molecule has 0 heterocycles. The summed E-state index contributed by atoms with van der Waals surface area (Å²) in [5.41, 5.74) is 6.20. The first-order valence-electron chi connectivity index (χ1n) is 11.0. The zero-order valence-corrected chi connectivity index (χ0v) is 20.0. The first-order valence-corrected chi connectivity index (χ1v) is 11.0. The summed E-state index contributed by atoms with van der Waals surface area (Å²) in [6.45, 7) is 11.2. The molecule has 6 N–H and O–H groups in total. The molecule has 0 aliphatic rings. The van der Waals surface area contributed by atoms with Crippen LogP contribution in [0.25, 0.3) is 0 Å². The molecule has 0 aliphatic carbocycles. The quantitative estimate of drug-likeness (QED) is 0.228. The number of hydrogen-bond acceptors (Lipinski definition) is 7. The van der Waals surface area contributed by atoms with E-state index in [-0.39, 0.29) is 35.4 Å². The van der Waals surface area contributed by atoms with Crippen LogP contribution in [0.1, 0.15) is 41.5 Å². The number of nitrogens with one attached hydrogen (secondary N) is 4. The van der Waals surface area contributed by atoms with Crippen LogP contribution in [0.5, 0.6) is 0 Å². The number of nitro benzene ring substituents is 1. The molecule has 184 valence electrons. The first-order chi connectivity index (χ1) is 15.3. The Morgan fingerprint density at radius 3 is 1.94 bits per heavy atom. The van der Waals surface area contributed by atoms with Crippen molar-refractivity contribution in [1.82, 2.24) is 16.0 Å². The van der Waals surface area contributed by atoms with E-state index in [1.54, 1.807) is 6.92 Å². The van der Waals surface area contributed by atoms with Crippen molar-refractivity contribution >= 4 is 29.1 Å². The molecular formula is C22H36N6O5. The fourth-order valence-corrected chi connectivity index (χ4v) is 2.75. The van der Waals surface area contributed by atoms with E-state index in [1.165, 1.54) is 31.2 Å². The minimum absolute atomic E-state index is 0.00844. The Kier molecular flexibility index (Phi) is 10.9. The third-order valence-corrected chi connectivity index (χ3v) is 5.29. The summed E-state index contributed by atoms with van der Waals surface area (Å²) >= 11 is 0. The molecule has 0 saturated heterocycles. The molecule has 1 aromatic carbocycles. The number of nitrogens with zero attached hydrogens (tertiary/aromatic N) is 1. The van der Waals surface area contributed by atoms with Gasteiger partial charge in [0.05, 0.1) is 17.0 Å². The lowest BCUT2D eigenvalue weighted by Crippen LogP contribution is -2.55. The monoisotopic (exact) mass is 464 g/mol. The number of nitro groups is 1. The van der Waals surface area contributed by atoms with Gasteiger partial charge >= 0.3 is 0 Å². The summed E-state index contributed by atoms with van der Waals surface area (Å²) in [5.74, 6) is -0.954. The van der Waals surface area contributed by atoms with Gasteiger partial charge in [-0.2, -0.15) is 0 Å². The predicted octanol–water partition coefficient (Wildman–Crippen LogP) is 1.14. The fourth-order valence-electron chi connectivity index (χ4n) is 2.75. The van der Waals surface area contributed by atoms with Gasteiger partial charge in [0.25, 0.3) is 5.69 Å². The van der Waals surface area contributed by atoms with Gasteiger partial charge in [-0.1, -0.05) is 27.7 Å². The number of rotatable bonds is 12. The first kappa shape index (κ1) is 28.0. The number of non-ortho nitro benzene ring substituents is 1. The zero-order valence-electron chi connectivity index (χ0n) is 20.0. The minimum Gasteiger partial charge on any atom is -0.350 e. The third-order valence-electron chi connectivity index (χ3n) is 5.29. The molecule has 3 amide bonds. The topological polar surface area (TPSA) is 168 Å². The fraction of sp³-hybridized carbons (Fsp3) is 0.591. The average molecular weight is 465 g/mol.